The number of aliphatic hydroxyl groups is 1. The van der Waals surface area contributed by atoms with Crippen LogP contribution in [0.4, 0.5) is 0 Å². The second-order valence-corrected chi connectivity index (χ2v) is 4.81. The Bertz CT molecular complexity index is 353. The van der Waals surface area contributed by atoms with Crippen LogP contribution in [-0.4, -0.2) is 17.1 Å². The van der Waals surface area contributed by atoms with Crippen LogP contribution in [0, 0.1) is 5.92 Å². The lowest BCUT2D eigenvalue weighted by Gasteiger charge is -2.01. The van der Waals surface area contributed by atoms with Gasteiger partial charge in [-0.05, 0) is 17.7 Å². The van der Waals surface area contributed by atoms with Gasteiger partial charge in [-0.15, -0.1) is 11.6 Å². The molecule has 1 aliphatic rings. The molecule has 0 heterocycles. The standard InChI is InChI=1S/C10H9Cl3O/c11-7-2-1-5(3-8(7)12)9-6(4-14)10(9)13/h1-3,6,9-10,14H,4H2. The van der Waals surface area contributed by atoms with Gasteiger partial charge in [-0.25, -0.2) is 0 Å². The van der Waals surface area contributed by atoms with Crippen LogP contribution < -0.4 is 0 Å². The first kappa shape index (κ1) is 10.6. The highest BCUT2D eigenvalue weighted by molar-refractivity contribution is 6.42. The van der Waals surface area contributed by atoms with Crippen molar-refractivity contribution in [3.8, 4) is 0 Å². The number of hydrogen-bond acceptors (Lipinski definition) is 1. The van der Waals surface area contributed by atoms with Crippen LogP contribution in [0.5, 0.6) is 0 Å². The Morgan fingerprint density at radius 2 is 1.93 bits per heavy atom. The molecule has 1 aromatic carbocycles. The van der Waals surface area contributed by atoms with Crippen LogP contribution in [0.1, 0.15) is 11.5 Å². The fourth-order valence-electron chi connectivity index (χ4n) is 1.70. The summed E-state index contributed by atoms with van der Waals surface area (Å²) in [5.74, 6) is 0.380. The Balaban J connectivity index is 2.23. The summed E-state index contributed by atoms with van der Waals surface area (Å²) in [5.41, 5.74) is 1.05. The van der Waals surface area contributed by atoms with Gasteiger partial charge in [0.25, 0.3) is 0 Å². The lowest BCUT2D eigenvalue weighted by molar-refractivity contribution is 0.274. The average molecular weight is 252 g/mol. The molecule has 14 heavy (non-hydrogen) atoms. The summed E-state index contributed by atoms with van der Waals surface area (Å²) in [5, 5.41) is 10.1. The van der Waals surface area contributed by atoms with Gasteiger partial charge in [0, 0.05) is 23.8 Å². The zero-order valence-corrected chi connectivity index (χ0v) is 9.52. The predicted molar refractivity (Wildman–Crippen MR) is 59.4 cm³/mol. The molecule has 1 nitrogen and oxygen atoms in total. The van der Waals surface area contributed by atoms with E-state index in [1.54, 1.807) is 6.07 Å². The molecule has 0 aliphatic heterocycles. The van der Waals surface area contributed by atoms with Crippen molar-refractivity contribution in [2.24, 2.45) is 5.92 Å². The first-order valence-electron chi connectivity index (χ1n) is 4.35. The molecule has 2 rings (SSSR count). The zero-order valence-electron chi connectivity index (χ0n) is 7.25. The summed E-state index contributed by atoms with van der Waals surface area (Å²) in [6.45, 7) is 0.124. The molecular weight excluding hydrogens is 242 g/mol. The van der Waals surface area contributed by atoms with Crippen LogP contribution in [0.2, 0.25) is 10.0 Å². The van der Waals surface area contributed by atoms with E-state index in [1.807, 2.05) is 12.1 Å². The summed E-state index contributed by atoms with van der Waals surface area (Å²) in [6, 6.07) is 5.49. The van der Waals surface area contributed by atoms with Crippen molar-refractivity contribution in [2.75, 3.05) is 6.61 Å². The third-order valence-electron chi connectivity index (χ3n) is 2.61. The van der Waals surface area contributed by atoms with Crippen molar-refractivity contribution >= 4 is 34.8 Å². The summed E-state index contributed by atoms with van der Waals surface area (Å²) in [6.07, 6.45) is 0. The molecule has 1 aromatic rings. The number of alkyl halides is 1. The molecule has 1 N–H and O–H groups in total. The molecule has 3 unspecified atom stereocenters. The molecule has 0 spiro atoms. The molecule has 1 saturated carbocycles. The smallest absolute Gasteiger partial charge is 0.0595 e. The van der Waals surface area contributed by atoms with Crippen molar-refractivity contribution in [3.05, 3.63) is 33.8 Å². The third-order valence-corrected chi connectivity index (χ3v) is 3.95. The molecule has 0 radical (unpaired) electrons. The van der Waals surface area contributed by atoms with Crippen LogP contribution in [-0.2, 0) is 0 Å². The van der Waals surface area contributed by atoms with Crippen LogP contribution in [0.3, 0.4) is 0 Å². The second-order valence-electron chi connectivity index (χ2n) is 3.49. The van der Waals surface area contributed by atoms with Crippen molar-refractivity contribution in [1.82, 2.24) is 0 Å². The van der Waals surface area contributed by atoms with E-state index in [9.17, 15) is 0 Å². The van der Waals surface area contributed by atoms with Gasteiger partial charge in [-0.3, -0.25) is 0 Å². The number of halogens is 3. The van der Waals surface area contributed by atoms with Gasteiger partial charge in [0.05, 0.1) is 10.0 Å². The van der Waals surface area contributed by atoms with Gasteiger partial charge in [0.2, 0.25) is 0 Å². The van der Waals surface area contributed by atoms with E-state index in [0.29, 0.717) is 10.0 Å². The topological polar surface area (TPSA) is 20.2 Å². The number of hydrogen-bond donors (Lipinski definition) is 1. The Hall–Kier alpha value is 0.0500. The number of aliphatic hydroxyl groups excluding tert-OH is 1. The minimum atomic E-state index is 0.0252. The Labute approximate surface area is 97.6 Å². The fraction of sp³-hybridized carbons (Fsp3) is 0.400. The first-order valence-corrected chi connectivity index (χ1v) is 5.54. The van der Waals surface area contributed by atoms with E-state index in [-0.39, 0.29) is 23.8 Å². The van der Waals surface area contributed by atoms with Gasteiger partial charge >= 0.3 is 0 Å². The zero-order chi connectivity index (χ0) is 10.3. The molecule has 1 fully saturated rings. The average Bonchev–Trinajstić information content (AvgIpc) is 2.81. The van der Waals surface area contributed by atoms with E-state index in [4.69, 9.17) is 39.9 Å². The van der Waals surface area contributed by atoms with Gasteiger partial charge in [-0.1, -0.05) is 29.3 Å². The van der Waals surface area contributed by atoms with Gasteiger partial charge in [-0.2, -0.15) is 0 Å². The number of benzene rings is 1. The molecule has 3 atom stereocenters. The molecule has 0 amide bonds. The fourth-order valence-corrected chi connectivity index (χ4v) is 2.49. The Kier molecular flexibility index (Phi) is 2.94. The molecular formula is C10H9Cl3O. The summed E-state index contributed by atoms with van der Waals surface area (Å²) < 4.78 is 0. The SMILES string of the molecule is OCC1C(Cl)C1c1ccc(Cl)c(Cl)c1. The van der Waals surface area contributed by atoms with E-state index in [0.717, 1.165) is 5.56 Å². The van der Waals surface area contributed by atoms with Crippen molar-refractivity contribution < 1.29 is 5.11 Å². The molecule has 4 heteroatoms. The van der Waals surface area contributed by atoms with Crippen LogP contribution >= 0.6 is 34.8 Å². The van der Waals surface area contributed by atoms with Gasteiger partial charge < -0.3 is 5.11 Å². The molecule has 76 valence electrons. The maximum absolute atomic E-state index is 8.99. The molecule has 0 aromatic heterocycles. The lowest BCUT2D eigenvalue weighted by atomic mass is 10.1. The summed E-state index contributed by atoms with van der Waals surface area (Å²) in [7, 11) is 0. The van der Waals surface area contributed by atoms with Crippen LogP contribution in [0.25, 0.3) is 0 Å². The highest BCUT2D eigenvalue weighted by Crippen LogP contribution is 2.52. The van der Waals surface area contributed by atoms with E-state index in [2.05, 4.69) is 0 Å². The summed E-state index contributed by atoms with van der Waals surface area (Å²) >= 11 is 17.7. The minimum absolute atomic E-state index is 0.0252. The van der Waals surface area contributed by atoms with Gasteiger partial charge in [0.15, 0.2) is 0 Å². The van der Waals surface area contributed by atoms with E-state index < -0.39 is 0 Å². The predicted octanol–water partition coefficient (Wildman–Crippen LogP) is 3.31. The quantitative estimate of drug-likeness (QED) is 0.800. The largest absolute Gasteiger partial charge is 0.396 e. The first-order chi connectivity index (χ1) is 6.65. The van der Waals surface area contributed by atoms with Crippen molar-refractivity contribution in [1.29, 1.82) is 0 Å². The Morgan fingerprint density at radius 1 is 1.21 bits per heavy atom. The van der Waals surface area contributed by atoms with Crippen molar-refractivity contribution in [3.63, 3.8) is 0 Å². The summed E-state index contributed by atoms with van der Waals surface area (Å²) in [4.78, 5) is 0. The maximum Gasteiger partial charge on any atom is 0.0595 e. The van der Waals surface area contributed by atoms with Crippen molar-refractivity contribution in [2.45, 2.75) is 11.3 Å². The minimum Gasteiger partial charge on any atom is -0.396 e. The normalized spacial score (nSPS) is 30.4. The third kappa shape index (κ3) is 1.74. The highest BCUT2D eigenvalue weighted by Gasteiger charge is 2.49. The Morgan fingerprint density at radius 3 is 2.43 bits per heavy atom. The van der Waals surface area contributed by atoms with E-state index in [1.165, 1.54) is 0 Å². The monoisotopic (exact) mass is 250 g/mol. The molecule has 1 aliphatic carbocycles. The maximum atomic E-state index is 8.99. The second kappa shape index (κ2) is 3.90. The molecule has 0 bridgehead atoms. The van der Waals surface area contributed by atoms with E-state index >= 15 is 0 Å². The molecule has 0 saturated heterocycles. The van der Waals surface area contributed by atoms with Crippen LogP contribution in [0.15, 0.2) is 18.2 Å². The number of rotatable bonds is 2. The highest BCUT2D eigenvalue weighted by atomic mass is 35.5. The lowest BCUT2D eigenvalue weighted by Crippen LogP contribution is -1.88. The van der Waals surface area contributed by atoms with Gasteiger partial charge in [0.1, 0.15) is 0 Å².